The molecule has 2 saturated heterocycles. The minimum atomic E-state index is -1.14. The van der Waals surface area contributed by atoms with E-state index in [-0.39, 0.29) is 49.6 Å². The Kier molecular flexibility index (Phi) is 11.9. The van der Waals surface area contributed by atoms with Crippen LogP contribution >= 0.6 is 43.6 Å². The molecule has 4 amide bonds. The molecule has 0 saturated carbocycles. The first-order chi connectivity index (χ1) is 23.7. The second-order valence-corrected chi connectivity index (χ2v) is 15.4. The summed E-state index contributed by atoms with van der Waals surface area (Å²) in [6.45, 7) is 0.826. The van der Waals surface area contributed by atoms with E-state index in [0.29, 0.717) is 30.5 Å². The number of anilines is 1. The third kappa shape index (κ3) is 9.20. The van der Waals surface area contributed by atoms with Crippen LogP contribution in [0.1, 0.15) is 25.7 Å². The molecule has 1 aromatic heterocycles. The summed E-state index contributed by atoms with van der Waals surface area (Å²) in [7, 11) is 0. The number of unbranched alkanes of at least 4 members (excludes halogenated alkanes) is 1. The summed E-state index contributed by atoms with van der Waals surface area (Å²) in [4.78, 5) is 35.9. The number of fused-ring (bicyclic) bond motifs is 4. The second kappa shape index (κ2) is 16.5. The number of nitrogens with one attached hydrogen (secondary N) is 5. The monoisotopic (exact) mass is 816 g/mol. The molecule has 3 aromatic carbocycles. The number of carbonyl (C=O) groups is 3. The van der Waals surface area contributed by atoms with E-state index >= 15 is 4.39 Å². The zero-order chi connectivity index (χ0) is 34.3. The van der Waals surface area contributed by atoms with Gasteiger partial charge in [0.15, 0.2) is 6.61 Å². The topological polar surface area (TPSA) is 126 Å². The Labute approximate surface area is 305 Å². The van der Waals surface area contributed by atoms with Crippen molar-refractivity contribution in [3.63, 3.8) is 0 Å². The quantitative estimate of drug-likeness (QED) is 0.0688. The lowest BCUT2D eigenvalue weighted by molar-refractivity contribution is -0.124. The molecule has 0 bridgehead atoms. The number of ether oxygens (including phenoxy) is 1. The lowest BCUT2D eigenvalue weighted by Crippen LogP contribution is -2.37. The van der Waals surface area contributed by atoms with Crippen molar-refractivity contribution in [3.05, 3.63) is 69.6 Å². The van der Waals surface area contributed by atoms with Crippen LogP contribution in [0.4, 0.5) is 14.9 Å². The van der Waals surface area contributed by atoms with Crippen molar-refractivity contribution in [1.82, 2.24) is 25.8 Å². The number of thioether (sulfide) groups is 1. The first-order valence-electron chi connectivity index (χ1n) is 16.4. The van der Waals surface area contributed by atoms with Crippen molar-refractivity contribution < 1.29 is 23.5 Å². The number of aromatic nitrogens is 1. The number of urea groups is 1. The molecule has 49 heavy (non-hydrogen) atoms. The van der Waals surface area contributed by atoms with Crippen LogP contribution in [0.5, 0.6) is 5.75 Å². The average molecular weight is 819 g/mol. The van der Waals surface area contributed by atoms with Crippen molar-refractivity contribution in [2.45, 2.75) is 55.7 Å². The fourth-order valence-electron chi connectivity index (χ4n) is 6.37. The summed E-state index contributed by atoms with van der Waals surface area (Å²) in [6.07, 6.45) is 1.97. The van der Waals surface area contributed by atoms with E-state index in [4.69, 9.17) is 4.74 Å². The van der Waals surface area contributed by atoms with Gasteiger partial charge in [0, 0.05) is 73.5 Å². The van der Waals surface area contributed by atoms with Crippen LogP contribution in [-0.2, 0) is 16.1 Å². The summed E-state index contributed by atoms with van der Waals surface area (Å²) >= 11 is 8.98. The molecule has 0 aliphatic carbocycles. The highest BCUT2D eigenvalue weighted by atomic mass is 79.9. The molecule has 5 N–H and O–H groups in total. The summed E-state index contributed by atoms with van der Waals surface area (Å²) in [5.74, 6) is 1.12. The normalized spacial score (nSPS) is 18.9. The zero-order valence-electron chi connectivity index (χ0n) is 26.8. The lowest BCUT2D eigenvalue weighted by atomic mass is 10.0. The van der Waals surface area contributed by atoms with E-state index in [2.05, 4.69) is 70.6 Å². The highest BCUT2D eigenvalue weighted by molar-refractivity contribution is 9.10. The Morgan fingerprint density at radius 3 is 2.31 bits per heavy atom. The van der Waals surface area contributed by atoms with E-state index in [1.165, 1.54) is 0 Å². The molecule has 0 spiro atoms. The average Bonchev–Trinajstić information content (AvgIpc) is 3.74. The molecule has 2 fully saturated rings. The van der Waals surface area contributed by atoms with Crippen LogP contribution in [0.15, 0.2) is 69.6 Å². The minimum Gasteiger partial charge on any atom is -0.484 e. The van der Waals surface area contributed by atoms with Gasteiger partial charge >= 0.3 is 6.03 Å². The maximum Gasteiger partial charge on any atom is 0.315 e. The van der Waals surface area contributed by atoms with Crippen LogP contribution in [-0.4, -0.2) is 77.9 Å². The standard InChI is InChI=1S/C35H39Br2FN6O4S/c36-21-5-11-29-26(15-21)27-16-22(37)6-12-30(27)44(29)18-23(38)17-41-24-7-9-25(10-8-24)48-19-33(46)40-14-13-39-32(45)4-2-1-3-31-34-28(20-49-31)42-35(47)43-34/h5-12,15-16,23,28,31,34,41H,1-4,13-14,17-20H2,(H,39,45)(H,40,46)(H2,42,43,47). The van der Waals surface area contributed by atoms with Crippen molar-refractivity contribution in [2.24, 2.45) is 0 Å². The van der Waals surface area contributed by atoms with Crippen LogP contribution in [0, 0.1) is 0 Å². The third-order valence-electron chi connectivity index (χ3n) is 8.77. The van der Waals surface area contributed by atoms with E-state index < -0.39 is 6.17 Å². The zero-order valence-corrected chi connectivity index (χ0v) is 30.8. The van der Waals surface area contributed by atoms with Crippen molar-refractivity contribution in [2.75, 3.05) is 37.3 Å². The largest absolute Gasteiger partial charge is 0.484 e. The first-order valence-corrected chi connectivity index (χ1v) is 19.1. The third-order valence-corrected chi connectivity index (χ3v) is 11.3. The van der Waals surface area contributed by atoms with Gasteiger partial charge in [-0.3, -0.25) is 9.59 Å². The molecule has 0 radical (unpaired) electrons. The summed E-state index contributed by atoms with van der Waals surface area (Å²) in [5, 5.41) is 17.2. The number of carbonyl (C=O) groups excluding carboxylic acids is 3. The molecule has 14 heteroatoms. The van der Waals surface area contributed by atoms with Crippen molar-refractivity contribution in [1.29, 1.82) is 0 Å². The Hall–Kier alpha value is -3.49. The van der Waals surface area contributed by atoms with Gasteiger partial charge in [0.05, 0.1) is 18.6 Å². The van der Waals surface area contributed by atoms with Crippen LogP contribution in [0.2, 0.25) is 0 Å². The molecular weight excluding hydrogens is 779 g/mol. The van der Waals surface area contributed by atoms with Gasteiger partial charge < -0.3 is 35.9 Å². The Morgan fingerprint density at radius 2 is 1.61 bits per heavy atom. The Bertz CT molecular complexity index is 1750. The smallest absolute Gasteiger partial charge is 0.315 e. The molecule has 2 aliphatic rings. The number of halogens is 3. The van der Waals surface area contributed by atoms with Gasteiger partial charge in [0.25, 0.3) is 5.91 Å². The van der Waals surface area contributed by atoms with E-state index in [0.717, 1.165) is 61.5 Å². The predicted molar refractivity (Wildman–Crippen MR) is 200 cm³/mol. The van der Waals surface area contributed by atoms with Gasteiger partial charge in [-0.1, -0.05) is 38.3 Å². The molecule has 4 atom stereocenters. The van der Waals surface area contributed by atoms with Crippen LogP contribution in [0.3, 0.4) is 0 Å². The fraction of sp³-hybridized carbons (Fsp3) is 0.400. The van der Waals surface area contributed by atoms with Crippen molar-refractivity contribution in [3.8, 4) is 5.75 Å². The molecule has 3 heterocycles. The maximum atomic E-state index is 15.3. The fourth-order valence-corrected chi connectivity index (χ4v) is 8.64. The molecule has 10 nitrogen and oxygen atoms in total. The number of benzene rings is 3. The second-order valence-electron chi connectivity index (χ2n) is 12.3. The number of hydrogen-bond acceptors (Lipinski definition) is 6. The van der Waals surface area contributed by atoms with E-state index in [1.54, 1.807) is 24.3 Å². The Balaban J connectivity index is 0.847. The van der Waals surface area contributed by atoms with Gasteiger partial charge in [0.2, 0.25) is 5.91 Å². The van der Waals surface area contributed by atoms with Crippen molar-refractivity contribution >= 4 is 89.0 Å². The van der Waals surface area contributed by atoms with Gasteiger partial charge in [0.1, 0.15) is 11.9 Å². The molecule has 4 aromatic rings. The number of amides is 4. The molecular formula is C35H39Br2FN6O4S. The summed E-state index contributed by atoms with van der Waals surface area (Å²) < 4.78 is 24.9. The lowest BCUT2D eigenvalue weighted by Gasteiger charge is -2.16. The number of rotatable bonds is 16. The minimum absolute atomic E-state index is 0.0421. The van der Waals surface area contributed by atoms with Crippen LogP contribution in [0.25, 0.3) is 21.8 Å². The highest BCUT2D eigenvalue weighted by Gasteiger charge is 2.42. The van der Waals surface area contributed by atoms with Gasteiger partial charge in [-0.05, 0) is 73.5 Å². The number of hydrogen-bond donors (Lipinski definition) is 5. The van der Waals surface area contributed by atoms with E-state index in [1.807, 2.05) is 40.6 Å². The van der Waals surface area contributed by atoms with Gasteiger partial charge in [-0.15, -0.1) is 0 Å². The SMILES string of the molecule is O=C(CCCCC1SCC2NC(=O)NC21)NCCNC(=O)COc1ccc(NCC(F)Cn2c3ccc(Br)cc3c3cc(Br)ccc32)cc1. The number of nitrogens with zero attached hydrogens (tertiary/aromatic N) is 1. The number of alkyl halides is 1. The summed E-state index contributed by atoms with van der Waals surface area (Å²) in [5.41, 5.74) is 2.71. The van der Waals surface area contributed by atoms with Gasteiger partial charge in [-0.25, -0.2) is 9.18 Å². The summed E-state index contributed by atoms with van der Waals surface area (Å²) in [6, 6.07) is 19.5. The first kappa shape index (κ1) is 35.3. The predicted octanol–water partition coefficient (Wildman–Crippen LogP) is 6.11. The molecule has 6 rings (SSSR count). The molecule has 2 aliphatic heterocycles. The van der Waals surface area contributed by atoms with Gasteiger partial charge in [-0.2, -0.15) is 11.8 Å². The highest BCUT2D eigenvalue weighted by Crippen LogP contribution is 2.34. The van der Waals surface area contributed by atoms with Crippen LogP contribution < -0.4 is 31.3 Å². The maximum absolute atomic E-state index is 15.3. The molecule has 4 unspecified atom stereocenters. The molecule has 260 valence electrons. The Morgan fingerprint density at radius 1 is 0.939 bits per heavy atom. The van der Waals surface area contributed by atoms with E-state index in [9.17, 15) is 14.4 Å².